The van der Waals surface area contributed by atoms with Gasteiger partial charge in [-0.1, -0.05) is 13.0 Å². The SMILES string of the molecule is CC1CC=C2CC(=O)CC([C@@H](C)C(=O)O)C2=CO1.CO.O.[HH].[HH]. The highest BCUT2D eigenvalue weighted by Gasteiger charge is 2.35. The second-order valence-electron chi connectivity index (χ2n) is 5.14. The monoisotopic (exact) mass is 304 g/mol. The Morgan fingerprint density at radius 3 is 2.67 bits per heavy atom. The third-order valence-corrected chi connectivity index (χ3v) is 3.72. The molecule has 2 rings (SSSR count). The molecule has 2 aliphatic rings. The molecule has 0 bridgehead atoms. The number of ether oxygens (including phenoxy) is 1. The number of carbonyl (C=O) groups excluding carboxylic acids is 1. The summed E-state index contributed by atoms with van der Waals surface area (Å²) in [5, 5.41) is 16.1. The standard InChI is InChI=1S/C14H18O4.CH4O.H2O.2H2/c1-8-3-4-10-5-11(15)6-12(9(2)14(16)17)13(10)7-18-8;1-2;;;/h4,7-9,12H,3,5-6H2,1-2H3,(H,16,17);2H,1H3;1H2;2*1H/t8?,9-,12?;;;;/m1..../s1. The molecule has 124 valence electrons. The molecule has 4 N–H and O–H groups in total. The molecule has 0 saturated heterocycles. The van der Waals surface area contributed by atoms with Crippen molar-refractivity contribution in [1.29, 1.82) is 0 Å². The number of Topliss-reactive ketones (excluding diaryl/α,β-unsaturated/α-hetero) is 1. The fourth-order valence-corrected chi connectivity index (χ4v) is 2.50. The lowest BCUT2D eigenvalue weighted by molar-refractivity contribution is -0.142. The largest absolute Gasteiger partial charge is 0.498 e. The van der Waals surface area contributed by atoms with Crippen LogP contribution in [0.5, 0.6) is 0 Å². The molecule has 0 aromatic heterocycles. The summed E-state index contributed by atoms with van der Waals surface area (Å²) >= 11 is 0. The van der Waals surface area contributed by atoms with Crippen molar-refractivity contribution in [3.8, 4) is 0 Å². The number of ketones is 1. The van der Waals surface area contributed by atoms with Crippen LogP contribution in [0.1, 0.15) is 36.0 Å². The van der Waals surface area contributed by atoms with Crippen LogP contribution in [0.4, 0.5) is 0 Å². The number of hydrogen-bond acceptors (Lipinski definition) is 4. The number of aliphatic hydroxyl groups excluding tert-OH is 1. The molecule has 0 amide bonds. The van der Waals surface area contributed by atoms with E-state index < -0.39 is 11.9 Å². The number of aliphatic hydroxyl groups is 1. The van der Waals surface area contributed by atoms with E-state index in [2.05, 4.69) is 0 Å². The van der Waals surface area contributed by atoms with Crippen molar-refractivity contribution >= 4 is 11.8 Å². The van der Waals surface area contributed by atoms with Gasteiger partial charge in [0.1, 0.15) is 5.78 Å². The van der Waals surface area contributed by atoms with Crippen LogP contribution in [0.3, 0.4) is 0 Å². The molecule has 1 fully saturated rings. The number of rotatable bonds is 2. The summed E-state index contributed by atoms with van der Waals surface area (Å²) in [6.45, 7) is 3.61. The molecule has 2 unspecified atom stereocenters. The van der Waals surface area contributed by atoms with Gasteiger partial charge in [-0.25, -0.2) is 0 Å². The first kappa shape index (κ1) is 19.3. The first-order chi connectivity index (χ1) is 9.49. The number of carboxylic acids is 1. The summed E-state index contributed by atoms with van der Waals surface area (Å²) in [4.78, 5) is 22.9. The Kier molecular flexibility index (Phi) is 7.91. The maximum Gasteiger partial charge on any atom is 0.306 e. The lowest BCUT2D eigenvalue weighted by Gasteiger charge is -2.28. The summed E-state index contributed by atoms with van der Waals surface area (Å²) in [6, 6.07) is 0. The molecule has 1 heterocycles. The highest BCUT2D eigenvalue weighted by molar-refractivity contribution is 5.86. The molecule has 0 spiro atoms. The Bertz CT molecular complexity index is 447. The number of carbonyl (C=O) groups is 2. The van der Waals surface area contributed by atoms with Crippen molar-refractivity contribution in [2.45, 2.75) is 39.2 Å². The lowest BCUT2D eigenvalue weighted by Crippen LogP contribution is -2.29. The molecule has 0 aromatic carbocycles. The van der Waals surface area contributed by atoms with Gasteiger partial charge in [-0.3, -0.25) is 9.59 Å². The van der Waals surface area contributed by atoms with E-state index in [0.717, 1.165) is 24.7 Å². The minimum atomic E-state index is -0.868. The number of aliphatic carboxylic acids is 1. The molecule has 6 nitrogen and oxygen atoms in total. The number of hydrogen-bond donors (Lipinski definition) is 2. The van der Waals surface area contributed by atoms with Crippen LogP contribution in [0, 0.1) is 11.8 Å². The molecular weight excluding hydrogens is 276 g/mol. The van der Waals surface area contributed by atoms with Gasteiger partial charge in [-0.05, 0) is 18.1 Å². The zero-order valence-electron chi connectivity index (χ0n) is 12.6. The van der Waals surface area contributed by atoms with Crippen molar-refractivity contribution < 1.29 is 32.9 Å². The maximum absolute atomic E-state index is 11.7. The molecule has 1 aliphatic carbocycles. The number of allylic oxidation sites excluding steroid dienone is 2. The van der Waals surface area contributed by atoms with Crippen molar-refractivity contribution in [2.75, 3.05) is 7.11 Å². The zero-order chi connectivity index (χ0) is 15.3. The zero-order valence-corrected chi connectivity index (χ0v) is 12.6. The average molecular weight is 304 g/mol. The molecule has 1 saturated carbocycles. The van der Waals surface area contributed by atoms with Crippen molar-refractivity contribution in [1.82, 2.24) is 0 Å². The predicted molar refractivity (Wildman–Crippen MR) is 81.8 cm³/mol. The van der Waals surface area contributed by atoms with E-state index in [1.54, 1.807) is 13.2 Å². The molecular formula is C15H28O6. The fourth-order valence-electron chi connectivity index (χ4n) is 2.50. The van der Waals surface area contributed by atoms with Crippen molar-refractivity contribution in [2.24, 2.45) is 11.8 Å². The van der Waals surface area contributed by atoms with Crippen LogP contribution in [0.2, 0.25) is 0 Å². The molecule has 6 heteroatoms. The van der Waals surface area contributed by atoms with Crippen LogP contribution in [0.25, 0.3) is 0 Å². The van der Waals surface area contributed by atoms with Gasteiger partial charge in [-0.2, -0.15) is 0 Å². The third-order valence-electron chi connectivity index (χ3n) is 3.72. The summed E-state index contributed by atoms with van der Waals surface area (Å²) in [5.74, 6) is -1.58. The Hall–Kier alpha value is -1.66. The van der Waals surface area contributed by atoms with Gasteiger partial charge in [0.05, 0.1) is 18.3 Å². The van der Waals surface area contributed by atoms with E-state index in [4.69, 9.17) is 14.9 Å². The van der Waals surface area contributed by atoms with Crippen LogP contribution in [0.15, 0.2) is 23.5 Å². The first-order valence-corrected chi connectivity index (χ1v) is 6.73. The first-order valence-electron chi connectivity index (χ1n) is 6.73. The summed E-state index contributed by atoms with van der Waals surface area (Å²) in [7, 11) is 1.00. The van der Waals surface area contributed by atoms with E-state index >= 15 is 0 Å². The van der Waals surface area contributed by atoms with Crippen LogP contribution in [-0.2, 0) is 14.3 Å². The Balaban J connectivity index is -0.000000770. The Morgan fingerprint density at radius 2 is 2.10 bits per heavy atom. The normalized spacial score (nSPS) is 25.4. The quantitative estimate of drug-likeness (QED) is 0.803. The van der Waals surface area contributed by atoms with Gasteiger partial charge in [0.25, 0.3) is 0 Å². The second-order valence-corrected chi connectivity index (χ2v) is 5.14. The number of fused-ring (bicyclic) bond motifs is 1. The number of carboxylic acid groups (broad SMARTS) is 1. The molecule has 3 atom stereocenters. The van der Waals surface area contributed by atoms with Gasteiger partial charge in [0.2, 0.25) is 0 Å². The highest BCUT2D eigenvalue weighted by Crippen LogP contribution is 2.38. The van der Waals surface area contributed by atoms with Gasteiger partial charge in [-0.15, -0.1) is 0 Å². The summed E-state index contributed by atoms with van der Waals surface area (Å²) < 4.78 is 5.55. The lowest BCUT2D eigenvalue weighted by atomic mass is 9.74. The molecule has 0 radical (unpaired) electrons. The van der Waals surface area contributed by atoms with E-state index in [1.807, 2.05) is 13.0 Å². The Morgan fingerprint density at radius 1 is 1.48 bits per heavy atom. The minimum Gasteiger partial charge on any atom is -0.498 e. The van der Waals surface area contributed by atoms with E-state index in [9.17, 15) is 9.59 Å². The molecule has 0 aromatic rings. The summed E-state index contributed by atoms with van der Waals surface area (Å²) in [5.41, 5.74) is 1.85. The van der Waals surface area contributed by atoms with Crippen LogP contribution >= 0.6 is 0 Å². The Labute approximate surface area is 127 Å². The predicted octanol–water partition coefficient (Wildman–Crippen LogP) is 1.58. The van der Waals surface area contributed by atoms with Gasteiger partial charge < -0.3 is 20.4 Å². The van der Waals surface area contributed by atoms with Crippen molar-refractivity contribution in [3.63, 3.8) is 0 Å². The van der Waals surface area contributed by atoms with Gasteiger partial charge >= 0.3 is 5.97 Å². The average Bonchev–Trinajstić information content (AvgIpc) is 2.61. The van der Waals surface area contributed by atoms with Gasteiger partial charge in [0.15, 0.2) is 0 Å². The van der Waals surface area contributed by atoms with Crippen molar-refractivity contribution in [3.05, 3.63) is 23.5 Å². The fraction of sp³-hybridized carbons (Fsp3) is 0.600. The highest BCUT2D eigenvalue weighted by atomic mass is 16.5. The van der Waals surface area contributed by atoms with Crippen LogP contribution in [-0.4, -0.2) is 40.7 Å². The topological polar surface area (TPSA) is 115 Å². The second kappa shape index (κ2) is 8.59. The molecule has 21 heavy (non-hydrogen) atoms. The van der Waals surface area contributed by atoms with E-state index in [-0.39, 0.29) is 26.1 Å². The van der Waals surface area contributed by atoms with Gasteiger partial charge in [0, 0.05) is 35.1 Å². The van der Waals surface area contributed by atoms with E-state index in [0.29, 0.717) is 12.8 Å². The van der Waals surface area contributed by atoms with E-state index in [1.165, 1.54) is 0 Å². The maximum atomic E-state index is 11.7. The minimum absolute atomic E-state index is 0. The van der Waals surface area contributed by atoms with Crippen LogP contribution < -0.4 is 0 Å². The third kappa shape index (κ3) is 4.68. The smallest absolute Gasteiger partial charge is 0.306 e. The summed E-state index contributed by atoms with van der Waals surface area (Å²) in [6.07, 6.45) is 5.23. The molecule has 1 aliphatic heterocycles.